The first-order valence-corrected chi connectivity index (χ1v) is 7.33. The summed E-state index contributed by atoms with van der Waals surface area (Å²) in [5.41, 5.74) is 1.05. The molecule has 2 aromatic rings. The average molecular weight is 301 g/mol. The van der Waals surface area contributed by atoms with E-state index >= 15 is 0 Å². The Hall–Kier alpha value is -2.37. The number of hydrogen-bond acceptors (Lipinski definition) is 5. The van der Waals surface area contributed by atoms with Crippen LogP contribution < -0.4 is 4.74 Å². The first kappa shape index (κ1) is 14.6. The molecule has 6 heteroatoms. The van der Waals surface area contributed by atoms with Crippen molar-refractivity contribution >= 4 is 5.97 Å². The lowest BCUT2D eigenvalue weighted by Crippen LogP contribution is -2.28. The van der Waals surface area contributed by atoms with E-state index in [9.17, 15) is 4.79 Å². The molecule has 0 saturated carbocycles. The predicted octanol–water partition coefficient (Wildman–Crippen LogP) is 1.61. The van der Waals surface area contributed by atoms with Crippen molar-refractivity contribution in [3.63, 3.8) is 0 Å². The standard InChI is InChI=1S/C16H19N3O3/c1-21-13-6-4-3-5-11(13)9-14-17-15-8-7-12(16(20)22-2)10-19(15)18-14/h3-6,12H,7-10H2,1-2H3. The van der Waals surface area contributed by atoms with Gasteiger partial charge in [-0.25, -0.2) is 9.67 Å². The fourth-order valence-corrected chi connectivity index (χ4v) is 2.81. The maximum absolute atomic E-state index is 11.7. The Morgan fingerprint density at radius 3 is 2.95 bits per heavy atom. The zero-order valence-corrected chi connectivity index (χ0v) is 12.8. The average Bonchev–Trinajstić information content (AvgIpc) is 2.95. The van der Waals surface area contributed by atoms with Crippen LogP contribution in [0.3, 0.4) is 0 Å². The smallest absolute Gasteiger partial charge is 0.310 e. The Labute approximate surface area is 129 Å². The molecule has 0 aliphatic carbocycles. The second kappa shape index (κ2) is 6.17. The van der Waals surface area contributed by atoms with Crippen LogP contribution in [0.15, 0.2) is 24.3 Å². The third-order valence-corrected chi connectivity index (χ3v) is 3.98. The summed E-state index contributed by atoms with van der Waals surface area (Å²) < 4.78 is 12.0. The molecule has 6 nitrogen and oxygen atoms in total. The van der Waals surface area contributed by atoms with Crippen molar-refractivity contribution in [1.29, 1.82) is 0 Å². The van der Waals surface area contributed by atoms with Gasteiger partial charge in [-0.3, -0.25) is 4.79 Å². The van der Waals surface area contributed by atoms with Crippen molar-refractivity contribution in [3.8, 4) is 5.75 Å². The van der Waals surface area contributed by atoms with Crippen molar-refractivity contribution in [2.24, 2.45) is 5.92 Å². The summed E-state index contributed by atoms with van der Waals surface area (Å²) in [4.78, 5) is 16.2. The van der Waals surface area contributed by atoms with E-state index in [0.29, 0.717) is 13.0 Å². The van der Waals surface area contributed by atoms with Gasteiger partial charge >= 0.3 is 5.97 Å². The molecular weight excluding hydrogens is 282 g/mol. The summed E-state index contributed by atoms with van der Waals surface area (Å²) in [5.74, 6) is 2.23. The minimum atomic E-state index is -0.174. The molecule has 0 fully saturated rings. The first-order chi connectivity index (χ1) is 10.7. The highest BCUT2D eigenvalue weighted by Crippen LogP contribution is 2.23. The molecule has 0 saturated heterocycles. The number of para-hydroxylation sites is 1. The van der Waals surface area contributed by atoms with Crippen molar-refractivity contribution < 1.29 is 14.3 Å². The Balaban J connectivity index is 1.78. The molecule has 1 aromatic heterocycles. The number of benzene rings is 1. The van der Waals surface area contributed by atoms with Crippen LogP contribution in [0.5, 0.6) is 5.75 Å². The molecule has 0 amide bonds. The van der Waals surface area contributed by atoms with Gasteiger partial charge in [-0.2, -0.15) is 5.10 Å². The zero-order valence-electron chi connectivity index (χ0n) is 12.8. The van der Waals surface area contributed by atoms with Crippen molar-refractivity contribution in [3.05, 3.63) is 41.5 Å². The number of nitrogens with zero attached hydrogens (tertiary/aromatic N) is 3. The summed E-state index contributed by atoms with van der Waals surface area (Å²) in [6, 6.07) is 7.85. The molecule has 0 spiro atoms. The quantitative estimate of drug-likeness (QED) is 0.803. The molecular formula is C16H19N3O3. The molecule has 0 radical (unpaired) electrons. The van der Waals surface area contributed by atoms with E-state index in [1.54, 1.807) is 7.11 Å². The number of fused-ring (bicyclic) bond motifs is 1. The predicted molar refractivity (Wildman–Crippen MR) is 79.6 cm³/mol. The number of carbonyl (C=O) groups is 1. The number of hydrogen-bond donors (Lipinski definition) is 0. The van der Waals surface area contributed by atoms with Crippen LogP contribution in [0.4, 0.5) is 0 Å². The summed E-state index contributed by atoms with van der Waals surface area (Å²) >= 11 is 0. The molecule has 1 unspecified atom stereocenters. The Morgan fingerprint density at radius 1 is 1.36 bits per heavy atom. The van der Waals surface area contributed by atoms with E-state index in [2.05, 4.69) is 10.1 Å². The third kappa shape index (κ3) is 2.81. The number of aromatic nitrogens is 3. The summed E-state index contributed by atoms with van der Waals surface area (Å²) in [6.07, 6.45) is 2.13. The molecule has 1 aliphatic rings. The van der Waals surface area contributed by atoms with Gasteiger partial charge < -0.3 is 9.47 Å². The lowest BCUT2D eigenvalue weighted by atomic mass is 10.0. The maximum atomic E-state index is 11.7. The maximum Gasteiger partial charge on any atom is 0.310 e. The van der Waals surface area contributed by atoms with Crippen LogP contribution in [-0.4, -0.2) is 35.0 Å². The van der Waals surface area contributed by atoms with E-state index in [1.165, 1.54) is 7.11 Å². The van der Waals surface area contributed by atoms with Gasteiger partial charge in [0.05, 0.1) is 26.7 Å². The number of carbonyl (C=O) groups excluding carboxylic acids is 1. The highest BCUT2D eigenvalue weighted by Gasteiger charge is 2.27. The number of methoxy groups -OCH3 is 2. The molecule has 2 heterocycles. The van der Waals surface area contributed by atoms with E-state index in [4.69, 9.17) is 9.47 Å². The van der Waals surface area contributed by atoms with Crippen molar-refractivity contribution in [2.45, 2.75) is 25.8 Å². The molecule has 0 bridgehead atoms. The van der Waals surface area contributed by atoms with Gasteiger partial charge in [0.1, 0.15) is 11.6 Å². The van der Waals surface area contributed by atoms with Crippen LogP contribution in [0, 0.1) is 5.92 Å². The fraction of sp³-hybridized carbons (Fsp3) is 0.438. The van der Waals surface area contributed by atoms with Crippen LogP contribution in [0.1, 0.15) is 23.6 Å². The summed E-state index contributed by atoms with van der Waals surface area (Å²) in [6.45, 7) is 0.543. The monoisotopic (exact) mass is 301 g/mol. The fourth-order valence-electron chi connectivity index (χ4n) is 2.81. The van der Waals surface area contributed by atoms with Gasteiger partial charge in [-0.1, -0.05) is 18.2 Å². The molecule has 0 N–H and O–H groups in total. The lowest BCUT2D eigenvalue weighted by molar-refractivity contribution is -0.146. The van der Waals surface area contributed by atoms with E-state index in [-0.39, 0.29) is 11.9 Å². The van der Waals surface area contributed by atoms with E-state index < -0.39 is 0 Å². The highest BCUT2D eigenvalue weighted by molar-refractivity contribution is 5.72. The topological polar surface area (TPSA) is 66.2 Å². The molecule has 1 aliphatic heterocycles. The minimum absolute atomic E-state index is 0.127. The molecule has 1 aromatic carbocycles. The number of aryl methyl sites for hydroxylation is 1. The Kier molecular flexibility index (Phi) is 4.09. The highest BCUT2D eigenvalue weighted by atomic mass is 16.5. The zero-order chi connectivity index (χ0) is 15.5. The second-order valence-electron chi connectivity index (χ2n) is 5.37. The molecule has 22 heavy (non-hydrogen) atoms. The molecule has 116 valence electrons. The molecule has 3 rings (SSSR count). The van der Waals surface area contributed by atoms with E-state index in [0.717, 1.165) is 35.8 Å². The molecule has 1 atom stereocenters. The number of rotatable bonds is 4. The number of esters is 1. The van der Waals surface area contributed by atoms with Gasteiger partial charge in [0.15, 0.2) is 5.82 Å². The Morgan fingerprint density at radius 2 is 2.18 bits per heavy atom. The second-order valence-corrected chi connectivity index (χ2v) is 5.37. The van der Waals surface area contributed by atoms with Crippen LogP contribution in [0.2, 0.25) is 0 Å². The van der Waals surface area contributed by atoms with Gasteiger partial charge in [0.25, 0.3) is 0 Å². The summed E-state index contributed by atoms with van der Waals surface area (Å²) in [7, 11) is 3.08. The normalized spacial score (nSPS) is 16.9. The summed E-state index contributed by atoms with van der Waals surface area (Å²) in [5, 5.41) is 4.53. The lowest BCUT2D eigenvalue weighted by Gasteiger charge is -2.19. The number of ether oxygens (including phenoxy) is 2. The first-order valence-electron chi connectivity index (χ1n) is 7.33. The van der Waals surface area contributed by atoms with Gasteiger partial charge in [-0.05, 0) is 12.5 Å². The van der Waals surface area contributed by atoms with Crippen molar-refractivity contribution in [1.82, 2.24) is 14.8 Å². The van der Waals surface area contributed by atoms with Gasteiger partial charge in [0.2, 0.25) is 0 Å². The van der Waals surface area contributed by atoms with Gasteiger partial charge in [-0.15, -0.1) is 0 Å². The van der Waals surface area contributed by atoms with Crippen molar-refractivity contribution in [2.75, 3.05) is 14.2 Å². The van der Waals surface area contributed by atoms with Gasteiger partial charge in [0, 0.05) is 18.4 Å². The Bertz CT molecular complexity index is 681. The van der Waals surface area contributed by atoms with Crippen LogP contribution >= 0.6 is 0 Å². The minimum Gasteiger partial charge on any atom is -0.496 e. The van der Waals surface area contributed by atoms with Crippen LogP contribution in [0.25, 0.3) is 0 Å². The van der Waals surface area contributed by atoms with Crippen LogP contribution in [-0.2, 0) is 28.9 Å². The SMILES string of the molecule is COC(=O)C1CCc2nc(Cc3ccccc3OC)nn2C1. The van der Waals surface area contributed by atoms with E-state index in [1.807, 2.05) is 28.9 Å². The third-order valence-electron chi connectivity index (χ3n) is 3.98. The largest absolute Gasteiger partial charge is 0.496 e.